The van der Waals surface area contributed by atoms with E-state index < -0.39 is 21.2 Å². The molecule has 0 amide bonds. The van der Waals surface area contributed by atoms with Crippen LogP contribution in [0.3, 0.4) is 0 Å². The first kappa shape index (κ1) is 14.0. The molecule has 0 aliphatic carbocycles. The third-order valence-corrected chi connectivity index (χ3v) is 5.29. The molecule has 2 rings (SSSR count). The molecule has 19 heavy (non-hydrogen) atoms. The zero-order valence-corrected chi connectivity index (χ0v) is 11.9. The number of aryl methyl sites for hydroxylation is 1. The molecule has 1 heterocycles. The summed E-state index contributed by atoms with van der Waals surface area (Å²) in [4.78, 5) is 11.9. The second-order valence-electron chi connectivity index (χ2n) is 4.39. The van der Waals surface area contributed by atoms with Crippen LogP contribution in [0.2, 0.25) is 0 Å². The van der Waals surface area contributed by atoms with Crippen molar-refractivity contribution in [3.05, 3.63) is 28.8 Å². The second kappa shape index (κ2) is 4.94. The summed E-state index contributed by atoms with van der Waals surface area (Å²) in [6.45, 7) is 3.63. The summed E-state index contributed by atoms with van der Waals surface area (Å²) in [5, 5.41) is 0. The quantitative estimate of drug-likeness (QED) is 0.773. The van der Waals surface area contributed by atoms with Gasteiger partial charge in [0.1, 0.15) is 0 Å². The minimum atomic E-state index is -3.54. The van der Waals surface area contributed by atoms with Crippen LogP contribution < -0.4 is 0 Å². The minimum absolute atomic E-state index is 0.170. The fourth-order valence-corrected chi connectivity index (χ4v) is 3.49. The second-order valence-corrected chi connectivity index (χ2v) is 6.58. The number of hydrogen-bond donors (Lipinski definition) is 0. The topological polar surface area (TPSA) is 69.7 Å². The molecule has 1 atom stereocenters. The van der Waals surface area contributed by atoms with Gasteiger partial charge in [0.25, 0.3) is 0 Å². The van der Waals surface area contributed by atoms with Gasteiger partial charge in [0.15, 0.2) is 5.44 Å². The van der Waals surface area contributed by atoms with E-state index in [0.717, 1.165) is 5.56 Å². The molecule has 1 aromatic carbocycles. The summed E-state index contributed by atoms with van der Waals surface area (Å²) >= 11 is 0. The van der Waals surface area contributed by atoms with Crippen LogP contribution >= 0.6 is 0 Å². The van der Waals surface area contributed by atoms with Gasteiger partial charge in [-0.05, 0) is 30.5 Å². The van der Waals surface area contributed by atoms with Gasteiger partial charge in [0.2, 0.25) is 9.84 Å². The van der Waals surface area contributed by atoms with Gasteiger partial charge >= 0.3 is 5.97 Å². The number of carbonyl (C=O) groups excluding carboxylic acids is 1. The number of benzene rings is 1. The maximum atomic E-state index is 12.2. The molecule has 0 fully saturated rings. The largest absolute Gasteiger partial charge is 0.465 e. The molecule has 104 valence electrons. The minimum Gasteiger partial charge on any atom is -0.465 e. The van der Waals surface area contributed by atoms with Crippen LogP contribution in [0.25, 0.3) is 0 Å². The first-order chi connectivity index (χ1) is 8.91. The summed E-state index contributed by atoms with van der Waals surface area (Å²) in [7, 11) is -2.26. The summed E-state index contributed by atoms with van der Waals surface area (Å²) in [6, 6.07) is 3.12. The molecule has 0 spiro atoms. The van der Waals surface area contributed by atoms with E-state index in [1.165, 1.54) is 20.1 Å². The van der Waals surface area contributed by atoms with Crippen molar-refractivity contribution in [2.24, 2.45) is 0 Å². The first-order valence-electron chi connectivity index (χ1n) is 6.01. The van der Waals surface area contributed by atoms with E-state index >= 15 is 0 Å². The molecule has 1 aliphatic rings. The van der Waals surface area contributed by atoms with Gasteiger partial charge in [0.05, 0.1) is 24.2 Å². The molecule has 5 nitrogen and oxygen atoms in total. The normalized spacial score (nSPS) is 20.7. The summed E-state index contributed by atoms with van der Waals surface area (Å²) < 4.78 is 34.3. The molecule has 0 aromatic heterocycles. The average Bonchev–Trinajstić information content (AvgIpc) is 2.41. The Morgan fingerprint density at radius 1 is 1.47 bits per heavy atom. The summed E-state index contributed by atoms with van der Waals surface area (Å²) in [6.07, 6.45) is 0.618. The highest BCUT2D eigenvalue weighted by molar-refractivity contribution is 7.92. The van der Waals surface area contributed by atoms with Crippen LogP contribution in [0, 0.1) is 0 Å². The number of methoxy groups -OCH3 is 1. The number of ether oxygens (including phenoxy) is 2. The van der Waals surface area contributed by atoms with E-state index in [9.17, 15) is 13.2 Å². The number of hydrogen-bond acceptors (Lipinski definition) is 5. The molecule has 0 bridgehead atoms. The van der Waals surface area contributed by atoms with Crippen molar-refractivity contribution in [3.8, 4) is 0 Å². The molecule has 0 saturated carbocycles. The Hall–Kier alpha value is -1.40. The Bertz CT molecular complexity index is 618. The zero-order chi connectivity index (χ0) is 14.2. The average molecular weight is 284 g/mol. The van der Waals surface area contributed by atoms with Gasteiger partial charge in [-0.1, -0.05) is 13.0 Å². The Morgan fingerprint density at radius 2 is 2.16 bits per heavy atom. The van der Waals surface area contributed by atoms with Crippen LogP contribution in [0.15, 0.2) is 17.0 Å². The van der Waals surface area contributed by atoms with Gasteiger partial charge in [0, 0.05) is 0 Å². The Balaban J connectivity index is 2.68. The van der Waals surface area contributed by atoms with Gasteiger partial charge in [-0.2, -0.15) is 0 Å². The number of rotatable bonds is 2. The number of fused-ring (bicyclic) bond motifs is 1. The summed E-state index contributed by atoms with van der Waals surface area (Å²) in [5.74, 6) is -0.519. The fourth-order valence-electron chi connectivity index (χ4n) is 2.12. The highest BCUT2D eigenvalue weighted by Gasteiger charge is 2.33. The lowest BCUT2D eigenvalue weighted by atomic mass is 10.0. The van der Waals surface area contributed by atoms with Gasteiger partial charge in [-0.25, -0.2) is 13.2 Å². The predicted molar refractivity (Wildman–Crippen MR) is 68.6 cm³/mol. The number of esters is 1. The van der Waals surface area contributed by atoms with Crippen LogP contribution in [-0.4, -0.2) is 26.9 Å². The molecule has 1 unspecified atom stereocenters. The van der Waals surface area contributed by atoms with Crippen molar-refractivity contribution < 1.29 is 22.7 Å². The van der Waals surface area contributed by atoms with Gasteiger partial charge in [-0.15, -0.1) is 0 Å². The monoisotopic (exact) mass is 284 g/mol. The Morgan fingerprint density at radius 3 is 2.74 bits per heavy atom. The first-order valence-corrected chi connectivity index (χ1v) is 7.56. The molecule has 0 N–H and O–H groups in total. The third-order valence-electron chi connectivity index (χ3n) is 3.29. The van der Waals surface area contributed by atoms with Crippen molar-refractivity contribution in [2.45, 2.75) is 37.2 Å². The molecule has 6 heteroatoms. The molecule has 0 saturated heterocycles. The molecule has 0 radical (unpaired) electrons. The number of sulfone groups is 1. The lowest BCUT2D eigenvalue weighted by Crippen LogP contribution is -2.28. The van der Waals surface area contributed by atoms with Crippen molar-refractivity contribution in [2.75, 3.05) is 7.11 Å². The molecular formula is C13H16O5S. The van der Waals surface area contributed by atoms with Crippen LogP contribution in [-0.2, 0) is 32.3 Å². The highest BCUT2D eigenvalue weighted by Crippen LogP contribution is 2.31. The summed E-state index contributed by atoms with van der Waals surface area (Å²) in [5.41, 5.74) is 0.779. The van der Waals surface area contributed by atoms with E-state index in [4.69, 9.17) is 9.47 Å². The van der Waals surface area contributed by atoms with E-state index in [2.05, 4.69) is 0 Å². The van der Waals surface area contributed by atoms with Crippen molar-refractivity contribution in [1.29, 1.82) is 0 Å². The highest BCUT2D eigenvalue weighted by atomic mass is 32.2. The van der Waals surface area contributed by atoms with Crippen LogP contribution in [0.1, 0.15) is 35.3 Å². The smallest absolute Gasteiger partial charge is 0.338 e. The molecular weight excluding hydrogens is 268 g/mol. The van der Waals surface area contributed by atoms with E-state index in [0.29, 0.717) is 17.5 Å². The predicted octanol–water partition coefficient (Wildman–Crippen LogP) is 1.69. The maximum Gasteiger partial charge on any atom is 0.338 e. The van der Waals surface area contributed by atoms with Crippen LogP contribution in [0.4, 0.5) is 0 Å². The molecule has 1 aliphatic heterocycles. The van der Waals surface area contributed by atoms with Crippen molar-refractivity contribution in [1.82, 2.24) is 0 Å². The Kier molecular flexibility index (Phi) is 3.64. The van der Waals surface area contributed by atoms with E-state index in [-0.39, 0.29) is 11.5 Å². The van der Waals surface area contributed by atoms with Gasteiger partial charge < -0.3 is 9.47 Å². The zero-order valence-electron chi connectivity index (χ0n) is 11.1. The fraction of sp³-hybridized carbons (Fsp3) is 0.462. The maximum absolute atomic E-state index is 12.2. The number of carbonyl (C=O) groups is 1. The van der Waals surface area contributed by atoms with Crippen molar-refractivity contribution in [3.63, 3.8) is 0 Å². The van der Waals surface area contributed by atoms with Crippen molar-refractivity contribution >= 4 is 15.8 Å². The SMILES string of the molecule is CCc1cc2c(cc1C(=O)OC)S(=O)(=O)C(C)OC2. The Labute approximate surface area is 112 Å². The van der Waals surface area contributed by atoms with E-state index in [1.807, 2.05) is 6.92 Å². The third kappa shape index (κ3) is 2.26. The lowest BCUT2D eigenvalue weighted by Gasteiger charge is -2.24. The molecule has 1 aromatic rings. The lowest BCUT2D eigenvalue weighted by molar-refractivity contribution is 0.0598. The van der Waals surface area contributed by atoms with Gasteiger partial charge in [-0.3, -0.25) is 0 Å². The van der Waals surface area contributed by atoms with E-state index in [1.54, 1.807) is 6.07 Å². The van der Waals surface area contributed by atoms with Crippen LogP contribution in [0.5, 0.6) is 0 Å². The standard InChI is InChI=1S/C13H16O5S/c1-4-9-5-10-7-18-8(2)19(15,16)12(10)6-11(9)13(14)17-3/h5-6,8H,4,7H2,1-3H3.